The molecule has 5 heteroatoms. The Morgan fingerprint density at radius 1 is 1.19 bits per heavy atom. The van der Waals surface area contributed by atoms with Gasteiger partial charge in [-0.3, -0.25) is 4.68 Å². The third kappa shape index (κ3) is 3.03. The van der Waals surface area contributed by atoms with Crippen LogP contribution in [-0.2, 0) is 20.0 Å². The van der Waals surface area contributed by atoms with Crippen molar-refractivity contribution in [3.8, 4) is 0 Å². The molecule has 0 aliphatic carbocycles. The van der Waals surface area contributed by atoms with Crippen molar-refractivity contribution in [3.63, 3.8) is 0 Å². The molecule has 1 atom stereocenters. The van der Waals surface area contributed by atoms with Gasteiger partial charge in [0.1, 0.15) is 0 Å². The van der Waals surface area contributed by atoms with Gasteiger partial charge in [0, 0.05) is 19.8 Å². The predicted molar refractivity (Wildman–Crippen MR) is 81.6 cm³/mol. The number of nitrogens with zero attached hydrogens (tertiary/aromatic N) is 4. The summed E-state index contributed by atoms with van der Waals surface area (Å²) in [4.78, 5) is 4.25. The zero-order valence-corrected chi connectivity index (χ0v) is 12.1. The molecule has 0 spiro atoms. The molecule has 0 bridgehead atoms. The molecule has 2 N–H and O–H groups in total. The van der Waals surface area contributed by atoms with Gasteiger partial charge in [-0.25, -0.2) is 4.98 Å². The Hall–Kier alpha value is -2.40. The smallest absolute Gasteiger partial charge is 0.0948 e. The molecule has 3 rings (SSSR count). The summed E-state index contributed by atoms with van der Waals surface area (Å²) in [6.07, 6.45) is 8.54. The fourth-order valence-corrected chi connectivity index (χ4v) is 2.46. The molecule has 0 aliphatic heterocycles. The van der Waals surface area contributed by atoms with Gasteiger partial charge in [0.05, 0.1) is 30.5 Å². The highest BCUT2D eigenvalue weighted by Crippen LogP contribution is 2.19. The Labute approximate surface area is 124 Å². The lowest BCUT2D eigenvalue weighted by Gasteiger charge is -2.14. The third-order valence-corrected chi connectivity index (χ3v) is 3.62. The van der Waals surface area contributed by atoms with E-state index in [4.69, 9.17) is 5.73 Å². The Kier molecular flexibility index (Phi) is 3.83. The molecule has 0 aliphatic rings. The van der Waals surface area contributed by atoms with Crippen molar-refractivity contribution < 1.29 is 0 Å². The first kappa shape index (κ1) is 13.6. The van der Waals surface area contributed by atoms with Crippen LogP contribution in [0.2, 0.25) is 0 Å². The molecule has 108 valence electrons. The maximum absolute atomic E-state index is 6.36. The first-order valence-electron chi connectivity index (χ1n) is 7.02. The van der Waals surface area contributed by atoms with Gasteiger partial charge in [-0.15, -0.1) is 0 Å². The van der Waals surface area contributed by atoms with Gasteiger partial charge in [-0.2, -0.15) is 5.10 Å². The fourth-order valence-electron chi connectivity index (χ4n) is 2.46. The van der Waals surface area contributed by atoms with Crippen LogP contribution in [0.3, 0.4) is 0 Å². The van der Waals surface area contributed by atoms with Crippen LogP contribution in [0.25, 0.3) is 0 Å². The van der Waals surface area contributed by atoms with Crippen LogP contribution < -0.4 is 5.73 Å². The lowest BCUT2D eigenvalue weighted by molar-refractivity contribution is 0.636. The summed E-state index contributed by atoms with van der Waals surface area (Å²) in [5.74, 6) is 0. The highest BCUT2D eigenvalue weighted by Gasteiger charge is 2.13. The van der Waals surface area contributed by atoms with E-state index >= 15 is 0 Å². The van der Waals surface area contributed by atoms with Gasteiger partial charge in [0.25, 0.3) is 0 Å². The number of imidazole rings is 1. The third-order valence-electron chi connectivity index (χ3n) is 3.62. The van der Waals surface area contributed by atoms with Crippen LogP contribution in [0.5, 0.6) is 0 Å². The number of benzene rings is 1. The van der Waals surface area contributed by atoms with Crippen LogP contribution in [0.1, 0.15) is 22.9 Å². The van der Waals surface area contributed by atoms with Gasteiger partial charge >= 0.3 is 0 Å². The molecular formula is C16H19N5. The summed E-state index contributed by atoms with van der Waals surface area (Å²) in [7, 11) is 1.93. The minimum absolute atomic E-state index is 0.150. The van der Waals surface area contributed by atoms with Crippen molar-refractivity contribution in [3.05, 3.63) is 72.1 Å². The second-order valence-corrected chi connectivity index (χ2v) is 5.17. The summed E-state index contributed by atoms with van der Waals surface area (Å²) in [5, 5.41) is 4.19. The van der Waals surface area contributed by atoms with Crippen LogP contribution in [0, 0.1) is 0 Å². The molecule has 2 aromatic heterocycles. The monoisotopic (exact) mass is 281 g/mol. The molecule has 0 amide bonds. The van der Waals surface area contributed by atoms with E-state index in [1.165, 1.54) is 5.56 Å². The van der Waals surface area contributed by atoms with Crippen LogP contribution in [0.15, 0.2) is 55.2 Å². The van der Waals surface area contributed by atoms with Crippen molar-refractivity contribution in [1.29, 1.82) is 0 Å². The number of aryl methyl sites for hydroxylation is 3. The van der Waals surface area contributed by atoms with E-state index < -0.39 is 0 Å². The lowest BCUT2D eigenvalue weighted by atomic mass is 10.1. The molecule has 0 saturated carbocycles. The molecule has 5 nitrogen and oxygen atoms in total. The maximum atomic E-state index is 6.36. The second-order valence-electron chi connectivity index (χ2n) is 5.17. The molecule has 1 unspecified atom stereocenters. The largest absolute Gasteiger partial charge is 0.333 e. The summed E-state index contributed by atoms with van der Waals surface area (Å²) >= 11 is 0. The Morgan fingerprint density at radius 2 is 2.00 bits per heavy atom. The quantitative estimate of drug-likeness (QED) is 0.777. The molecule has 2 heterocycles. The molecule has 1 aromatic carbocycles. The van der Waals surface area contributed by atoms with E-state index in [2.05, 4.69) is 14.6 Å². The Balaban J connectivity index is 1.74. The van der Waals surface area contributed by atoms with E-state index in [0.717, 1.165) is 24.2 Å². The van der Waals surface area contributed by atoms with Gasteiger partial charge < -0.3 is 10.3 Å². The van der Waals surface area contributed by atoms with Gasteiger partial charge in [-0.1, -0.05) is 30.3 Å². The molecule has 3 aromatic rings. The fraction of sp³-hybridized carbons (Fsp3) is 0.250. The van der Waals surface area contributed by atoms with E-state index in [1.54, 1.807) is 0 Å². The number of nitrogens with two attached hydrogens (primary N) is 1. The first-order chi connectivity index (χ1) is 10.2. The zero-order valence-electron chi connectivity index (χ0n) is 12.1. The summed E-state index contributed by atoms with van der Waals surface area (Å²) in [6.45, 7) is 0.849. The van der Waals surface area contributed by atoms with Crippen molar-refractivity contribution in [2.75, 3.05) is 0 Å². The number of aromatic nitrogens is 4. The SMILES string of the molecule is Cn1cc(CCn2cncc2C(N)c2ccccc2)cn1. The average Bonchev–Trinajstić information content (AvgIpc) is 3.14. The predicted octanol–water partition coefficient (Wildman–Crippen LogP) is 1.91. The maximum Gasteiger partial charge on any atom is 0.0948 e. The minimum atomic E-state index is -0.150. The summed E-state index contributed by atoms with van der Waals surface area (Å²) < 4.78 is 3.94. The highest BCUT2D eigenvalue weighted by molar-refractivity contribution is 5.26. The topological polar surface area (TPSA) is 61.7 Å². The summed E-state index contributed by atoms with van der Waals surface area (Å²) in [5.41, 5.74) is 9.70. The second kappa shape index (κ2) is 5.93. The van der Waals surface area contributed by atoms with Crippen molar-refractivity contribution in [2.24, 2.45) is 12.8 Å². The standard InChI is InChI=1S/C16H19N5/c1-20-11-13(9-19-20)7-8-21-12-18-10-15(21)16(17)14-5-3-2-4-6-14/h2-6,9-12,16H,7-8,17H2,1H3. The molecule has 0 fully saturated rings. The van der Waals surface area contributed by atoms with Gasteiger partial charge in [0.15, 0.2) is 0 Å². The van der Waals surface area contributed by atoms with Crippen LogP contribution in [0.4, 0.5) is 0 Å². The van der Waals surface area contributed by atoms with Crippen molar-refractivity contribution in [1.82, 2.24) is 19.3 Å². The molecular weight excluding hydrogens is 262 g/mol. The van der Waals surface area contributed by atoms with Crippen LogP contribution >= 0.6 is 0 Å². The van der Waals surface area contributed by atoms with E-state index in [-0.39, 0.29) is 6.04 Å². The highest BCUT2D eigenvalue weighted by atomic mass is 15.2. The minimum Gasteiger partial charge on any atom is -0.333 e. The van der Waals surface area contributed by atoms with E-state index in [9.17, 15) is 0 Å². The van der Waals surface area contributed by atoms with Crippen molar-refractivity contribution in [2.45, 2.75) is 19.0 Å². The lowest BCUT2D eigenvalue weighted by Crippen LogP contribution is -2.17. The van der Waals surface area contributed by atoms with Gasteiger partial charge in [-0.05, 0) is 17.5 Å². The van der Waals surface area contributed by atoms with Gasteiger partial charge in [0.2, 0.25) is 0 Å². The zero-order chi connectivity index (χ0) is 14.7. The normalized spacial score (nSPS) is 12.5. The first-order valence-corrected chi connectivity index (χ1v) is 7.02. The van der Waals surface area contributed by atoms with Crippen LogP contribution in [-0.4, -0.2) is 19.3 Å². The molecule has 0 saturated heterocycles. The van der Waals surface area contributed by atoms with E-state index in [0.29, 0.717) is 0 Å². The number of hydrogen-bond acceptors (Lipinski definition) is 3. The van der Waals surface area contributed by atoms with E-state index in [1.807, 2.05) is 67.0 Å². The summed E-state index contributed by atoms with van der Waals surface area (Å²) in [6, 6.07) is 9.95. The Morgan fingerprint density at radius 3 is 2.71 bits per heavy atom. The number of hydrogen-bond donors (Lipinski definition) is 1. The average molecular weight is 281 g/mol. The molecule has 0 radical (unpaired) electrons. The Bertz CT molecular complexity index is 698. The number of rotatable bonds is 5. The molecule has 21 heavy (non-hydrogen) atoms. The van der Waals surface area contributed by atoms with Crippen molar-refractivity contribution >= 4 is 0 Å².